The van der Waals surface area contributed by atoms with Crippen LogP contribution < -0.4 is 10.2 Å². The van der Waals surface area contributed by atoms with Crippen molar-refractivity contribution in [1.29, 1.82) is 0 Å². The molecule has 1 saturated heterocycles. The van der Waals surface area contributed by atoms with Crippen LogP contribution in [0.15, 0.2) is 35.9 Å². The SMILES string of the molecule is CC(C)c1ccccc1N1CC(C(=O)NCCC2=CCCCC2)CC1=O. The van der Waals surface area contributed by atoms with E-state index in [0.717, 1.165) is 24.1 Å². The Morgan fingerprint density at radius 3 is 2.81 bits per heavy atom. The van der Waals surface area contributed by atoms with Gasteiger partial charge in [0.05, 0.1) is 5.92 Å². The van der Waals surface area contributed by atoms with E-state index in [0.29, 0.717) is 25.4 Å². The normalized spacial score (nSPS) is 20.4. The van der Waals surface area contributed by atoms with Gasteiger partial charge in [-0.3, -0.25) is 9.59 Å². The smallest absolute Gasteiger partial charge is 0.227 e. The van der Waals surface area contributed by atoms with Crippen molar-refractivity contribution in [3.63, 3.8) is 0 Å². The number of benzene rings is 1. The fraction of sp³-hybridized carbons (Fsp3) is 0.545. The summed E-state index contributed by atoms with van der Waals surface area (Å²) in [5.41, 5.74) is 3.58. The molecule has 26 heavy (non-hydrogen) atoms. The summed E-state index contributed by atoms with van der Waals surface area (Å²) in [5.74, 6) is 0.159. The van der Waals surface area contributed by atoms with Crippen LogP contribution in [0, 0.1) is 5.92 Å². The molecule has 0 radical (unpaired) electrons. The van der Waals surface area contributed by atoms with Crippen molar-refractivity contribution in [1.82, 2.24) is 5.32 Å². The average Bonchev–Trinajstić information content (AvgIpc) is 3.04. The van der Waals surface area contributed by atoms with E-state index < -0.39 is 0 Å². The fourth-order valence-corrected chi connectivity index (χ4v) is 3.96. The Morgan fingerprint density at radius 2 is 2.08 bits per heavy atom. The van der Waals surface area contributed by atoms with Gasteiger partial charge in [-0.05, 0) is 49.7 Å². The Kier molecular flexibility index (Phi) is 6.12. The van der Waals surface area contributed by atoms with Crippen molar-refractivity contribution in [3.8, 4) is 0 Å². The summed E-state index contributed by atoms with van der Waals surface area (Å²) < 4.78 is 0. The number of rotatable bonds is 6. The van der Waals surface area contributed by atoms with Gasteiger partial charge < -0.3 is 10.2 Å². The first-order valence-corrected chi connectivity index (χ1v) is 9.91. The van der Waals surface area contributed by atoms with Crippen LogP contribution in [0.5, 0.6) is 0 Å². The van der Waals surface area contributed by atoms with Gasteiger partial charge in [-0.25, -0.2) is 0 Å². The molecular formula is C22H30N2O2. The number of anilines is 1. The minimum Gasteiger partial charge on any atom is -0.355 e. The molecule has 1 aliphatic carbocycles. The van der Waals surface area contributed by atoms with Crippen molar-refractivity contribution in [2.24, 2.45) is 5.92 Å². The Balaban J connectivity index is 1.57. The molecule has 1 atom stereocenters. The van der Waals surface area contributed by atoms with E-state index in [1.54, 1.807) is 4.90 Å². The number of hydrogen-bond donors (Lipinski definition) is 1. The van der Waals surface area contributed by atoms with Gasteiger partial charge in [-0.15, -0.1) is 0 Å². The second kappa shape index (κ2) is 8.52. The summed E-state index contributed by atoms with van der Waals surface area (Å²) in [6.45, 7) is 5.42. The topological polar surface area (TPSA) is 49.4 Å². The highest BCUT2D eigenvalue weighted by molar-refractivity contribution is 6.00. The number of amides is 2. The maximum absolute atomic E-state index is 12.5. The van der Waals surface area contributed by atoms with E-state index in [4.69, 9.17) is 0 Å². The molecule has 140 valence electrons. The number of carbonyl (C=O) groups excluding carboxylic acids is 2. The quantitative estimate of drug-likeness (QED) is 0.780. The summed E-state index contributed by atoms with van der Waals surface area (Å²) in [5, 5.41) is 3.04. The highest BCUT2D eigenvalue weighted by Gasteiger charge is 2.35. The van der Waals surface area contributed by atoms with Crippen LogP contribution in [0.2, 0.25) is 0 Å². The van der Waals surface area contributed by atoms with Crippen LogP contribution in [0.25, 0.3) is 0 Å². The second-order valence-corrected chi connectivity index (χ2v) is 7.77. The van der Waals surface area contributed by atoms with Crippen LogP contribution in [0.4, 0.5) is 5.69 Å². The Hall–Kier alpha value is -2.10. The molecule has 0 bridgehead atoms. The molecule has 1 heterocycles. The zero-order valence-corrected chi connectivity index (χ0v) is 16.0. The number of para-hydroxylation sites is 1. The second-order valence-electron chi connectivity index (χ2n) is 7.77. The summed E-state index contributed by atoms with van der Waals surface area (Å²) >= 11 is 0. The molecule has 1 N–H and O–H groups in total. The van der Waals surface area contributed by atoms with Gasteiger partial charge in [0.1, 0.15) is 0 Å². The lowest BCUT2D eigenvalue weighted by Crippen LogP contribution is -2.34. The number of allylic oxidation sites excluding steroid dienone is 1. The third-order valence-corrected chi connectivity index (χ3v) is 5.48. The lowest BCUT2D eigenvalue weighted by molar-refractivity contribution is -0.126. The first kappa shape index (κ1) is 18.7. The lowest BCUT2D eigenvalue weighted by Gasteiger charge is -2.22. The Bertz CT molecular complexity index is 693. The van der Waals surface area contributed by atoms with E-state index >= 15 is 0 Å². The first-order valence-electron chi connectivity index (χ1n) is 9.91. The number of nitrogens with one attached hydrogen (secondary N) is 1. The standard InChI is InChI=1S/C22H30N2O2/c1-16(2)19-10-6-7-11-20(19)24-15-18(14-21(24)25)22(26)23-13-12-17-8-4-3-5-9-17/h6-8,10-11,16,18H,3-5,9,12-15H2,1-2H3,(H,23,26). The minimum atomic E-state index is -0.247. The molecule has 1 unspecified atom stereocenters. The highest BCUT2D eigenvalue weighted by atomic mass is 16.2. The van der Waals surface area contributed by atoms with Crippen LogP contribution >= 0.6 is 0 Å². The summed E-state index contributed by atoms with van der Waals surface area (Å²) in [4.78, 5) is 26.8. The Morgan fingerprint density at radius 1 is 1.27 bits per heavy atom. The lowest BCUT2D eigenvalue weighted by atomic mass is 9.97. The van der Waals surface area contributed by atoms with Crippen molar-refractivity contribution in [2.45, 2.75) is 58.3 Å². The summed E-state index contributed by atoms with van der Waals surface area (Å²) in [6, 6.07) is 8.02. The van der Waals surface area contributed by atoms with Crippen LogP contribution in [0.3, 0.4) is 0 Å². The van der Waals surface area contributed by atoms with E-state index in [1.165, 1.54) is 24.8 Å². The molecule has 0 saturated carbocycles. The molecule has 2 amide bonds. The Labute approximate surface area is 156 Å². The molecule has 3 rings (SSSR count). The molecule has 1 aromatic carbocycles. The number of nitrogens with zero attached hydrogens (tertiary/aromatic N) is 1. The average molecular weight is 354 g/mol. The van der Waals surface area contributed by atoms with Gasteiger partial charge in [-0.1, -0.05) is 43.7 Å². The molecule has 4 heteroatoms. The van der Waals surface area contributed by atoms with Crippen molar-refractivity contribution in [2.75, 3.05) is 18.0 Å². The third kappa shape index (κ3) is 4.35. The van der Waals surface area contributed by atoms with E-state index in [-0.39, 0.29) is 17.7 Å². The maximum Gasteiger partial charge on any atom is 0.227 e. The van der Waals surface area contributed by atoms with Gasteiger partial charge in [0, 0.05) is 25.2 Å². The molecule has 1 aliphatic heterocycles. The molecular weight excluding hydrogens is 324 g/mol. The summed E-state index contributed by atoms with van der Waals surface area (Å²) in [6.07, 6.45) is 8.45. The number of carbonyl (C=O) groups is 2. The molecule has 2 aliphatic rings. The molecule has 0 spiro atoms. The van der Waals surface area contributed by atoms with Crippen LogP contribution in [0.1, 0.15) is 63.9 Å². The largest absolute Gasteiger partial charge is 0.355 e. The zero-order chi connectivity index (χ0) is 18.5. The van der Waals surface area contributed by atoms with Crippen molar-refractivity contribution < 1.29 is 9.59 Å². The monoisotopic (exact) mass is 354 g/mol. The number of hydrogen-bond acceptors (Lipinski definition) is 2. The van der Waals surface area contributed by atoms with E-state index in [1.807, 2.05) is 18.2 Å². The highest BCUT2D eigenvalue weighted by Crippen LogP contribution is 2.32. The zero-order valence-electron chi connectivity index (χ0n) is 16.0. The predicted octanol–water partition coefficient (Wildman–Crippen LogP) is 4.17. The van der Waals surface area contributed by atoms with Gasteiger partial charge in [0.15, 0.2) is 0 Å². The minimum absolute atomic E-state index is 0.0132. The van der Waals surface area contributed by atoms with E-state index in [9.17, 15) is 9.59 Å². The van der Waals surface area contributed by atoms with Gasteiger partial charge >= 0.3 is 0 Å². The van der Waals surface area contributed by atoms with Crippen LogP contribution in [-0.2, 0) is 9.59 Å². The van der Waals surface area contributed by atoms with Gasteiger partial charge in [0.25, 0.3) is 0 Å². The van der Waals surface area contributed by atoms with Gasteiger partial charge in [-0.2, -0.15) is 0 Å². The molecule has 1 aromatic rings. The van der Waals surface area contributed by atoms with Crippen LogP contribution in [-0.4, -0.2) is 24.9 Å². The van der Waals surface area contributed by atoms with Crippen molar-refractivity contribution >= 4 is 17.5 Å². The first-order chi connectivity index (χ1) is 12.6. The van der Waals surface area contributed by atoms with E-state index in [2.05, 4.69) is 31.3 Å². The molecule has 0 aromatic heterocycles. The van der Waals surface area contributed by atoms with Crippen molar-refractivity contribution in [3.05, 3.63) is 41.5 Å². The fourth-order valence-electron chi connectivity index (χ4n) is 3.96. The molecule has 1 fully saturated rings. The van der Waals surface area contributed by atoms with Gasteiger partial charge in [0.2, 0.25) is 11.8 Å². The predicted molar refractivity (Wildman–Crippen MR) is 105 cm³/mol. The maximum atomic E-state index is 12.5. The summed E-state index contributed by atoms with van der Waals surface area (Å²) in [7, 11) is 0. The third-order valence-electron chi connectivity index (χ3n) is 5.48. The molecule has 4 nitrogen and oxygen atoms in total.